The summed E-state index contributed by atoms with van der Waals surface area (Å²) >= 11 is 3.80. The molecule has 1 aliphatic heterocycles. The summed E-state index contributed by atoms with van der Waals surface area (Å²) in [6.45, 7) is 11.6. The van der Waals surface area contributed by atoms with E-state index in [1.54, 1.807) is 0 Å². The standard InChI is InChI=1S/C55H41BN2S2/c1-54(2,3)30-18-20-31(21-19-30)57-43-29-49-38(32-12-7-10-16-46(32)60-49)26-37(43)34-22-23-36-51-44(25-24-41-50(51)35-14-6-9-15-40(35)55(41,4)5)58-45-27-39-33-13-8-11-17-47(33)59-48(39)28-42(45)56-52(34)53(36)58/h6-29,56-57H,1-5H3. The van der Waals surface area contributed by atoms with Gasteiger partial charge in [0.15, 0.2) is 7.28 Å². The predicted octanol–water partition coefficient (Wildman–Crippen LogP) is 14.2. The molecule has 0 fully saturated rings. The Bertz CT molecular complexity index is 3670. The molecule has 8 aromatic carbocycles. The van der Waals surface area contributed by atoms with Gasteiger partial charge in [0, 0.05) is 84.7 Å². The monoisotopic (exact) mass is 804 g/mol. The first-order chi connectivity index (χ1) is 29.1. The van der Waals surface area contributed by atoms with Crippen molar-refractivity contribution in [2.75, 3.05) is 5.32 Å². The largest absolute Gasteiger partial charge is 0.355 e. The number of nitrogens with one attached hydrogen (secondary N) is 1. The molecular formula is C55H41BN2S2. The molecule has 1 aliphatic carbocycles. The second-order valence-corrected chi connectivity index (χ2v) is 20.7. The van der Waals surface area contributed by atoms with E-state index < -0.39 is 0 Å². The van der Waals surface area contributed by atoms with Crippen LogP contribution in [-0.4, -0.2) is 11.8 Å². The number of fused-ring (bicyclic) bond motifs is 15. The van der Waals surface area contributed by atoms with Gasteiger partial charge in [-0.15, -0.1) is 22.7 Å². The smallest absolute Gasteiger partial charge is 0.198 e. The van der Waals surface area contributed by atoms with Gasteiger partial charge in [0.1, 0.15) is 0 Å². The van der Waals surface area contributed by atoms with Gasteiger partial charge < -0.3 is 9.88 Å². The predicted molar refractivity (Wildman–Crippen MR) is 264 cm³/mol. The van der Waals surface area contributed by atoms with Gasteiger partial charge in [-0.1, -0.05) is 131 Å². The summed E-state index contributed by atoms with van der Waals surface area (Å²) in [6, 6.07) is 55.6. The number of hydrogen-bond donors (Lipinski definition) is 1. The van der Waals surface area contributed by atoms with Crippen LogP contribution in [0.5, 0.6) is 0 Å². The zero-order valence-electron chi connectivity index (χ0n) is 34.3. The minimum atomic E-state index is -0.0818. The van der Waals surface area contributed by atoms with Gasteiger partial charge in [0.05, 0.1) is 5.52 Å². The Kier molecular flexibility index (Phi) is 6.94. The van der Waals surface area contributed by atoms with Crippen molar-refractivity contribution in [2.24, 2.45) is 0 Å². The van der Waals surface area contributed by atoms with Crippen molar-refractivity contribution in [3.05, 3.63) is 162 Å². The number of anilines is 2. The summed E-state index contributed by atoms with van der Waals surface area (Å²) in [4.78, 5) is 0. The molecule has 11 aromatic rings. The fraction of sp³-hybridized carbons (Fsp3) is 0.127. The van der Waals surface area contributed by atoms with Crippen LogP contribution in [0.3, 0.4) is 0 Å². The number of rotatable bonds is 3. The quantitative estimate of drug-likeness (QED) is 0.176. The van der Waals surface area contributed by atoms with E-state index in [1.165, 1.54) is 118 Å². The first kappa shape index (κ1) is 34.7. The first-order valence-corrected chi connectivity index (χ1v) is 22.8. The molecule has 5 heteroatoms. The van der Waals surface area contributed by atoms with Gasteiger partial charge in [-0.05, 0) is 98.9 Å². The summed E-state index contributed by atoms with van der Waals surface area (Å²) in [5, 5.41) is 12.0. The Morgan fingerprint density at radius 3 is 2.00 bits per heavy atom. The lowest BCUT2D eigenvalue weighted by atomic mass is 9.59. The van der Waals surface area contributed by atoms with Crippen LogP contribution in [-0.2, 0) is 10.8 Å². The lowest BCUT2D eigenvalue weighted by Crippen LogP contribution is -2.37. The minimum absolute atomic E-state index is 0.0818. The third-order valence-corrected chi connectivity index (χ3v) is 16.0. The van der Waals surface area contributed by atoms with Gasteiger partial charge in [-0.2, -0.15) is 0 Å². The second kappa shape index (κ2) is 12.0. The van der Waals surface area contributed by atoms with Crippen molar-refractivity contribution in [2.45, 2.75) is 45.4 Å². The Morgan fingerprint density at radius 1 is 0.567 bits per heavy atom. The van der Waals surface area contributed by atoms with E-state index >= 15 is 0 Å². The van der Waals surface area contributed by atoms with Gasteiger partial charge in [-0.25, -0.2) is 0 Å². The van der Waals surface area contributed by atoms with Gasteiger partial charge in [-0.3, -0.25) is 0 Å². The number of aromatic nitrogens is 1. The topological polar surface area (TPSA) is 17.0 Å². The average molecular weight is 805 g/mol. The minimum Gasteiger partial charge on any atom is -0.355 e. The van der Waals surface area contributed by atoms with Crippen LogP contribution in [0.4, 0.5) is 11.4 Å². The number of nitrogens with zero attached hydrogens (tertiary/aromatic N) is 1. The third kappa shape index (κ3) is 4.71. The molecule has 0 saturated carbocycles. The highest BCUT2D eigenvalue weighted by Crippen LogP contribution is 2.54. The third-order valence-electron chi connectivity index (χ3n) is 13.8. The van der Waals surface area contributed by atoms with Crippen molar-refractivity contribution < 1.29 is 0 Å². The zero-order valence-corrected chi connectivity index (χ0v) is 36.0. The lowest BCUT2D eigenvalue weighted by Gasteiger charge is -2.24. The normalized spacial score (nSPS) is 14.0. The number of benzene rings is 8. The van der Waals surface area contributed by atoms with E-state index in [0.717, 1.165) is 18.7 Å². The highest BCUT2D eigenvalue weighted by Gasteiger charge is 2.38. The lowest BCUT2D eigenvalue weighted by molar-refractivity contribution is 0.590. The maximum Gasteiger partial charge on any atom is 0.198 e. The van der Waals surface area contributed by atoms with E-state index in [9.17, 15) is 0 Å². The Morgan fingerprint density at radius 2 is 1.25 bits per heavy atom. The Labute approximate surface area is 358 Å². The maximum absolute atomic E-state index is 3.96. The second-order valence-electron chi connectivity index (χ2n) is 18.6. The molecule has 60 heavy (non-hydrogen) atoms. The first-order valence-electron chi connectivity index (χ1n) is 21.1. The van der Waals surface area contributed by atoms with E-state index in [2.05, 4.69) is 190 Å². The summed E-state index contributed by atoms with van der Waals surface area (Å²) < 4.78 is 7.95. The van der Waals surface area contributed by atoms with E-state index in [0.29, 0.717) is 0 Å². The molecule has 0 amide bonds. The molecule has 0 atom stereocenters. The van der Waals surface area contributed by atoms with Crippen LogP contribution >= 0.6 is 22.7 Å². The SMILES string of the molecule is CC(C)(C)c1ccc(Nc2cc3sc4ccccc4c3cc2-c2ccc3c4c5c(ccc4n4c3c2Bc2cc3sc6ccccc6c3cc2-4)C(C)(C)c2ccccc2-5)cc1. The number of thiophene rings is 2. The summed E-state index contributed by atoms with van der Waals surface area (Å²) in [6.07, 6.45) is 0. The molecule has 0 radical (unpaired) electrons. The Balaban J connectivity index is 1.13. The molecule has 1 N–H and O–H groups in total. The molecule has 0 bridgehead atoms. The number of hydrogen-bond acceptors (Lipinski definition) is 3. The summed E-state index contributed by atoms with van der Waals surface area (Å²) in [5.74, 6) is 0. The van der Waals surface area contributed by atoms with E-state index in [1.807, 2.05) is 22.7 Å². The van der Waals surface area contributed by atoms with Crippen LogP contribution in [0.2, 0.25) is 0 Å². The van der Waals surface area contributed by atoms with Crippen LogP contribution in [0, 0.1) is 0 Å². The molecule has 0 spiro atoms. The van der Waals surface area contributed by atoms with Crippen molar-refractivity contribution in [3.8, 4) is 27.9 Å². The van der Waals surface area contributed by atoms with Crippen LogP contribution in [0.25, 0.3) is 90.1 Å². The van der Waals surface area contributed by atoms with Gasteiger partial charge in [0.2, 0.25) is 0 Å². The van der Waals surface area contributed by atoms with Crippen molar-refractivity contribution in [3.63, 3.8) is 0 Å². The molecular weight excluding hydrogens is 764 g/mol. The molecule has 13 rings (SSSR count). The molecule has 286 valence electrons. The van der Waals surface area contributed by atoms with Crippen LogP contribution < -0.4 is 16.2 Å². The molecule has 2 aliphatic rings. The molecule has 3 aromatic heterocycles. The van der Waals surface area contributed by atoms with Crippen LogP contribution in [0.1, 0.15) is 51.3 Å². The van der Waals surface area contributed by atoms with E-state index in [-0.39, 0.29) is 10.8 Å². The maximum atomic E-state index is 3.96. The summed E-state index contributed by atoms with van der Waals surface area (Å²) in [7, 11) is 0.856. The van der Waals surface area contributed by atoms with Crippen molar-refractivity contribution in [1.29, 1.82) is 0 Å². The molecule has 2 nitrogen and oxygen atoms in total. The fourth-order valence-corrected chi connectivity index (χ4v) is 13.1. The van der Waals surface area contributed by atoms with Crippen molar-refractivity contribution >= 4 is 114 Å². The molecule has 4 heterocycles. The molecule has 0 unspecified atom stereocenters. The van der Waals surface area contributed by atoms with Crippen molar-refractivity contribution in [1.82, 2.24) is 4.57 Å². The average Bonchev–Trinajstić information content (AvgIpc) is 3.97. The highest BCUT2D eigenvalue weighted by atomic mass is 32.1. The van der Waals surface area contributed by atoms with Gasteiger partial charge >= 0.3 is 0 Å². The highest BCUT2D eigenvalue weighted by molar-refractivity contribution is 7.26. The zero-order chi connectivity index (χ0) is 40.2. The summed E-state index contributed by atoms with van der Waals surface area (Å²) in [5.41, 5.74) is 18.4. The fourth-order valence-electron chi connectivity index (χ4n) is 10.8. The van der Waals surface area contributed by atoms with Crippen LogP contribution in [0.15, 0.2) is 146 Å². The molecule has 0 saturated heterocycles. The van der Waals surface area contributed by atoms with Gasteiger partial charge in [0.25, 0.3) is 0 Å². The Hall–Kier alpha value is -6.14. The van der Waals surface area contributed by atoms with E-state index in [4.69, 9.17) is 0 Å².